The second-order valence-electron chi connectivity index (χ2n) is 4.48. The molecule has 0 fully saturated rings. The number of ether oxygens (including phenoxy) is 2. The average molecular weight is 250 g/mol. The molecule has 1 aromatic carbocycles. The number of methoxy groups -OCH3 is 1. The normalized spacial score (nSPS) is 12.2. The third-order valence-corrected chi connectivity index (χ3v) is 2.84. The van der Waals surface area contributed by atoms with Crippen LogP contribution in [0, 0.1) is 5.92 Å². The average Bonchev–Trinajstić information content (AvgIpc) is 2.39. The van der Waals surface area contributed by atoms with Crippen molar-refractivity contribution < 1.29 is 14.3 Å². The molecule has 3 heteroatoms. The summed E-state index contributed by atoms with van der Waals surface area (Å²) in [5.41, 5.74) is 1.09. The fraction of sp³-hybridized carbons (Fsp3) is 0.533. The van der Waals surface area contributed by atoms with E-state index in [1.165, 1.54) is 0 Å². The van der Waals surface area contributed by atoms with E-state index in [2.05, 4.69) is 0 Å². The van der Waals surface area contributed by atoms with Crippen LogP contribution in [0.2, 0.25) is 0 Å². The summed E-state index contributed by atoms with van der Waals surface area (Å²) in [4.78, 5) is 11.6. The summed E-state index contributed by atoms with van der Waals surface area (Å²) in [5.74, 6) is 1.11. The summed E-state index contributed by atoms with van der Waals surface area (Å²) in [6.45, 7) is 4.97. The molecule has 0 unspecified atom stereocenters. The van der Waals surface area contributed by atoms with Gasteiger partial charge in [-0.2, -0.15) is 0 Å². The Kier molecular flexibility index (Phi) is 6.44. The Morgan fingerprint density at radius 1 is 1.28 bits per heavy atom. The van der Waals surface area contributed by atoms with Gasteiger partial charge in [0.2, 0.25) is 0 Å². The van der Waals surface area contributed by atoms with Gasteiger partial charge in [0.15, 0.2) is 0 Å². The highest BCUT2D eigenvalue weighted by atomic mass is 16.5. The summed E-state index contributed by atoms with van der Waals surface area (Å²) in [6.07, 6.45) is 1.55. The largest absolute Gasteiger partial charge is 0.497 e. The molecular weight excluding hydrogens is 228 g/mol. The van der Waals surface area contributed by atoms with Crippen LogP contribution >= 0.6 is 0 Å². The second-order valence-corrected chi connectivity index (χ2v) is 4.48. The number of Topliss-reactive ketones (excluding diaryl/α,β-unsaturated/α-hetero) is 1. The van der Waals surface area contributed by atoms with E-state index in [1.54, 1.807) is 7.11 Å². The van der Waals surface area contributed by atoms with Gasteiger partial charge in [-0.15, -0.1) is 0 Å². The summed E-state index contributed by atoms with van der Waals surface area (Å²) < 4.78 is 10.6. The van der Waals surface area contributed by atoms with Gasteiger partial charge >= 0.3 is 0 Å². The van der Waals surface area contributed by atoms with Gasteiger partial charge in [0.25, 0.3) is 0 Å². The summed E-state index contributed by atoms with van der Waals surface area (Å²) in [6, 6.07) is 7.75. The zero-order chi connectivity index (χ0) is 13.4. The maximum atomic E-state index is 11.6. The van der Waals surface area contributed by atoms with Crippen LogP contribution in [0.3, 0.4) is 0 Å². The lowest BCUT2D eigenvalue weighted by molar-refractivity contribution is -0.124. The molecule has 0 heterocycles. The van der Waals surface area contributed by atoms with Crippen molar-refractivity contribution in [2.45, 2.75) is 33.3 Å². The molecule has 1 aromatic rings. The molecule has 0 aliphatic heterocycles. The van der Waals surface area contributed by atoms with E-state index in [-0.39, 0.29) is 11.7 Å². The Labute approximate surface area is 109 Å². The third-order valence-electron chi connectivity index (χ3n) is 2.84. The van der Waals surface area contributed by atoms with Crippen LogP contribution in [-0.2, 0) is 16.1 Å². The number of hydrogen-bond donors (Lipinski definition) is 0. The lowest BCUT2D eigenvalue weighted by Gasteiger charge is -2.11. The second kappa shape index (κ2) is 7.88. The van der Waals surface area contributed by atoms with Crippen LogP contribution < -0.4 is 4.74 Å². The van der Waals surface area contributed by atoms with Crippen LogP contribution in [-0.4, -0.2) is 19.5 Å². The highest BCUT2D eigenvalue weighted by Crippen LogP contribution is 2.12. The molecule has 100 valence electrons. The quantitative estimate of drug-likeness (QED) is 0.710. The van der Waals surface area contributed by atoms with Gasteiger partial charge in [-0.1, -0.05) is 26.0 Å². The minimum absolute atomic E-state index is 0.0109. The van der Waals surface area contributed by atoms with E-state index in [0.717, 1.165) is 17.7 Å². The molecule has 0 bridgehead atoms. The summed E-state index contributed by atoms with van der Waals surface area (Å²) >= 11 is 0. The molecular formula is C15H22O3. The lowest BCUT2D eigenvalue weighted by Crippen LogP contribution is -2.16. The van der Waals surface area contributed by atoms with Crippen molar-refractivity contribution in [3.8, 4) is 5.75 Å². The SMILES string of the molecule is CCCC(=O)[C@H](C)COCc1ccc(OC)cc1. The van der Waals surface area contributed by atoms with Gasteiger partial charge in [-0.05, 0) is 24.1 Å². The van der Waals surface area contributed by atoms with E-state index in [0.29, 0.717) is 19.6 Å². The molecule has 18 heavy (non-hydrogen) atoms. The highest BCUT2D eigenvalue weighted by molar-refractivity contribution is 5.80. The molecule has 1 rings (SSSR count). The Bertz CT molecular complexity index is 357. The van der Waals surface area contributed by atoms with Crippen LogP contribution in [0.5, 0.6) is 5.75 Å². The first kappa shape index (κ1) is 14.7. The van der Waals surface area contributed by atoms with Gasteiger partial charge in [-0.3, -0.25) is 4.79 Å². The van der Waals surface area contributed by atoms with Crippen LogP contribution in [0.25, 0.3) is 0 Å². The highest BCUT2D eigenvalue weighted by Gasteiger charge is 2.11. The molecule has 0 aromatic heterocycles. The number of carbonyl (C=O) groups excluding carboxylic acids is 1. The van der Waals surface area contributed by atoms with Gasteiger partial charge < -0.3 is 9.47 Å². The van der Waals surface area contributed by atoms with Crippen LogP contribution in [0.15, 0.2) is 24.3 Å². The molecule has 0 amide bonds. The molecule has 0 aliphatic carbocycles. The van der Waals surface area contributed by atoms with E-state index in [4.69, 9.17) is 9.47 Å². The fourth-order valence-electron chi connectivity index (χ4n) is 1.66. The zero-order valence-electron chi connectivity index (χ0n) is 11.4. The van der Waals surface area contributed by atoms with Crippen molar-refractivity contribution in [2.75, 3.05) is 13.7 Å². The van der Waals surface area contributed by atoms with Gasteiger partial charge in [-0.25, -0.2) is 0 Å². The molecule has 0 spiro atoms. The van der Waals surface area contributed by atoms with Crippen LogP contribution in [0.1, 0.15) is 32.3 Å². The fourth-order valence-corrected chi connectivity index (χ4v) is 1.66. The van der Waals surface area contributed by atoms with E-state index < -0.39 is 0 Å². The predicted molar refractivity (Wildman–Crippen MR) is 71.7 cm³/mol. The van der Waals surface area contributed by atoms with Gasteiger partial charge in [0.05, 0.1) is 20.3 Å². The molecule has 0 saturated heterocycles. The van der Waals surface area contributed by atoms with E-state index >= 15 is 0 Å². The number of hydrogen-bond acceptors (Lipinski definition) is 3. The number of rotatable bonds is 8. The van der Waals surface area contributed by atoms with Crippen molar-refractivity contribution in [1.29, 1.82) is 0 Å². The van der Waals surface area contributed by atoms with Crippen molar-refractivity contribution in [2.24, 2.45) is 5.92 Å². The zero-order valence-corrected chi connectivity index (χ0v) is 11.4. The van der Waals surface area contributed by atoms with Gasteiger partial charge in [0, 0.05) is 12.3 Å². The Morgan fingerprint density at radius 3 is 2.50 bits per heavy atom. The first-order valence-electron chi connectivity index (χ1n) is 6.40. The van der Waals surface area contributed by atoms with E-state index in [9.17, 15) is 4.79 Å². The van der Waals surface area contributed by atoms with Crippen molar-refractivity contribution in [3.63, 3.8) is 0 Å². The van der Waals surface area contributed by atoms with Crippen molar-refractivity contribution >= 4 is 5.78 Å². The topological polar surface area (TPSA) is 35.5 Å². The minimum atomic E-state index is -0.0109. The third kappa shape index (κ3) is 4.88. The molecule has 3 nitrogen and oxygen atoms in total. The monoisotopic (exact) mass is 250 g/mol. The number of benzene rings is 1. The molecule has 0 N–H and O–H groups in total. The molecule has 1 atom stereocenters. The first-order valence-corrected chi connectivity index (χ1v) is 6.40. The number of carbonyl (C=O) groups is 1. The van der Waals surface area contributed by atoms with Gasteiger partial charge in [0.1, 0.15) is 11.5 Å². The maximum absolute atomic E-state index is 11.6. The summed E-state index contributed by atoms with van der Waals surface area (Å²) in [5, 5.41) is 0. The number of ketones is 1. The predicted octanol–water partition coefficient (Wildman–Crippen LogP) is 3.22. The molecule has 0 saturated carbocycles. The van der Waals surface area contributed by atoms with Crippen molar-refractivity contribution in [3.05, 3.63) is 29.8 Å². The Morgan fingerprint density at radius 2 is 1.94 bits per heavy atom. The standard InChI is InChI=1S/C15H22O3/c1-4-5-15(16)12(2)10-18-11-13-6-8-14(17-3)9-7-13/h6-9,12H,4-5,10-11H2,1-3H3/t12-/m1/s1. The van der Waals surface area contributed by atoms with Crippen LogP contribution in [0.4, 0.5) is 0 Å². The Hall–Kier alpha value is -1.35. The lowest BCUT2D eigenvalue weighted by atomic mass is 10.0. The molecule has 0 radical (unpaired) electrons. The smallest absolute Gasteiger partial charge is 0.137 e. The maximum Gasteiger partial charge on any atom is 0.137 e. The molecule has 0 aliphatic rings. The van der Waals surface area contributed by atoms with Crippen molar-refractivity contribution in [1.82, 2.24) is 0 Å². The summed E-state index contributed by atoms with van der Waals surface area (Å²) in [7, 11) is 1.65. The first-order chi connectivity index (χ1) is 8.67. The Balaban J connectivity index is 2.30. The van der Waals surface area contributed by atoms with E-state index in [1.807, 2.05) is 38.1 Å². The minimum Gasteiger partial charge on any atom is -0.497 e.